The molecule has 2 aromatic carbocycles. The van der Waals surface area contributed by atoms with E-state index in [1.807, 2.05) is 31.2 Å². The molecule has 1 N–H and O–H groups in total. The van der Waals surface area contributed by atoms with Crippen LogP contribution in [0.5, 0.6) is 17.4 Å². The van der Waals surface area contributed by atoms with Crippen LogP contribution < -0.4 is 14.8 Å². The maximum Gasteiger partial charge on any atom is 0.226 e. The van der Waals surface area contributed by atoms with Gasteiger partial charge in [-0.3, -0.25) is 9.78 Å². The van der Waals surface area contributed by atoms with Gasteiger partial charge in [-0.15, -0.1) is 0 Å². The normalized spacial score (nSPS) is 10.7. The van der Waals surface area contributed by atoms with Crippen molar-refractivity contribution in [2.24, 2.45) is 0 Å². The first-order valence-electron chi connectivity index (χ1n) is 10.9. The third kappa shape index (κ3) is 5.40. The zero-order valence-corrected chi connectivity index (χ0v) is 19.0. The minimum absolute atomic E-state index is 0.0963. The Morgan fingerprint density at radius 3 is 2.53 bits per heavy atom. The minimum Gasteiger partial charge on any atom is -0.493 e. The van der Waals surface area contributed by atoms with Gasteiger partial charge in [-0.25, -0.2) is 9.07 Å². The molecule has 4 rings (SSSR count). The largest absolute Gasteiger partial charge is 0.493 e. The summed E-state index contributed by atoms with van der Waals surface area (Å²) in [6.07, 6.45) is 4.07. The van der Waals surface area contributed by atoms with Crippen molar-refractivity contribution in [2.75, 3.05) is 7.11 Å². The summed E-state index contributed by atoms with van der Waals surface area (Å²) >= 11 is 0. The number of aromatic nitrogens is 3. The molecule has 34 heavy (non-hydrogen) atoms. The maximum absolute atomic E-state index is 13.5. The molecule has 0 aliphatic carbocycles. The first-order valence-corrected chi connectivity index (χ1v) is 10.9. The van der Waals surface area contributed by atoms with Crippen LogP contribution in [0.25, 0.3) is 5.69 Å². The predicted molar refractivity (Wildman–Crippen MR) is 126 cm³/mol. The summed E-state index contributed by atoms with van der Waals surface area (Å²) in [7, 11) is 1.57. The number of halogens is 1. The second-order valence-electron chi connectivity index (χ2n) is 7.65. The van der Waals surface area contributed by atoms with E-state index in [4.69, 9.17) is 9.47 Å². The van der Waals surface area contributed by atoms with Crippen molar-refractivity contribution in [2.45, 2.75) is 26.3 Å². The lowest BCUT2D eigenvalue weighted by atomic mass is 10.1. The number of ether oxygens (including phenoxy) is 2. The number of carbonyl (C=O) groups excluding carboxylic acids is 1. The van der Waals surface area contributed by atoms with E-state index in [-0.39, 0.29) is 18.1 Å². The lowest BCUT2D eigenvalue weighted by Gasteiger charge is -2.14. The Labute approximate surface area is 197 Å². The Morgan fingerprint density at radius 2 is 1.82 bits per heavy atom. The highest BCUT2D eigenvalue weighted by molar-refractivity contribution is 5.76. The van der Waals surface area contributed by atoms with Crippen LogP contribution in [0, 0.1) is 12.7 Å². The first-order chi connectivity index (χ1) is 16.5. The number of amides is 1. The molecule has 0 saturated carbocycles. The average molecular weight is 461 g/mol. The number of para-hydroxylation sites is 2. The molecule has 2 aromatic heterocycles. The van der Waals surface area contributed by atoms with Gasteiger partial charge in [0.25, 0.3) is 0 Å². The Bertz CT molecular complexity index is 1260. The molecule has 174 valence electrons. The fourth-order valence-electron chi connectivity index (χ4n) is 3.53. The standard InChI is InChI=1S/C26H25FN4O3/c1-18-22(13-14-25(32)29-17-19-6-5-15-28-16-19)26(34-24-8-4-3-7-23(24)33-2)31(30-18)21-11-9-20(27)10-12-21/h3-12,15-16H,13-14,17H2,1-2H3,(H,29,32). The molecule has 0 spiro atoms. The molecule has 0 aliphatic rings. The molecule has 7 nitrogen and oxygen atoms in total. The van der Waals surface area contributed by atoms with Gasteiger partial charge in [-0.2, -0.15) is 5.10 Å². The summed E-state index contributed by atoms with van der Waals surface area (Å²) in [6, 6.07) is 17.0. The van der Waals surface area contributed by atoms with Crippen LogP contribution in [-0.4, -0.2) is 27.8 Å². The first kappa shape index (κ1) is 23.0. The molecule has 0 aliphatic heterocycles. The van der Waals surface area contributed by atoms with Crippen molar-refractivity contribution in [3.05, 3.63) is 95.7 Å². The lowest BCUT2D eigenvalue weighted by molar-refractivity contribution is -0.121. The number of hydrogen-bond donors (Lipinski definition) is 1. The van der Waals surface area contributed by atoms with Crippen LogP contribution in [0.1, 0.15) is 23.2 Å². The summed E-state index contributed by atoms with van der Waals surface area (Å²) in [5.41, 5.74) is 3.07. The molecule has 0 fully saturated rings. The number of methoxy groups -OCH3 is 1. The van der Waals surface area contributed by atoms with Gasteiger partial charge >= 0.3 is 0 Å². The van der Waals surface area contributed by atoms with Gasteiger partial charge in [0, 0.05) is 30.9 Å². The number of rotatable bonds is 9. The number of benzene rings is 2. The molecular formula is C26H25FN4O3. The van der Waals surface area contributed by atoms with Gasteiger partial charge in [-0.1, -0.05) is 18.2 Å². The van der Waals surface area contributed by atoms with E-state index in [0.717, 1.165) is 11.1 Å². The van der Waals surface area contributed by atoms with Crippen LogP contribution in [0.4, 0.5) is 4.39 Å². The lowest BCUT2D eigenvalue weighted by Crippen LogP contribution is -2.23. The van der Waals surface area contributed by atoms with E-state index in [1.165, 1.54) is 12.1 Å². The second-order valence-corrected chi connectivity index (χ2v) is 7.65. The molecule has 2 heterocycles. The van der Waals surface area contributed by atoms with Crippen LogP contribution >= 0.6 is 0 Å². The summed E-state index contributed by atoms with van der Waals surface area (Å²) < 4.78 is 26.8. The van der Waals surface area contributed by atoms with Gasteiger partial charge in [0.15, 0.2) is 11.5 Å². The van der Waals surface area contributed by atoms with Gasteiger partial charge in [0.2, 0.25) is 11.8 Å². The van der Waals surface area contributed by atoms with Crippen LogP contribution in [-0.2, 0) is 17.8 Å². The second kappa shape index (κ2) is 10.6. The van der Waals surface area contributed by atoms with E-state index in [1.54, 1.807) is 48.5 Å². The van der Waals surface area contributed by atoms with Crippen LogP contribution in [0.2, 0.25) is 0 Å². The maximum atomic E-state index is 13.5. The fraction of sp³-hybridized carbons (Fsp3) is 0.192. The number of pyridine rings is 1. The van der Waals surface area contributed by atoms with E-state index in [9.17, 15) is 9.18 Å². The third-order valence-corrected chi connectivity index (χ3v) is 5.30. The molecule has 0 bridgehead atoms. The van der Waals surface area contributed by atoms with E-state index in [2.05, 4.69) is 15.4 Å². The average Bonchev–Trinajstić information content (AvgIpc) is 3.17. The highest BCUT2D eigenvalue weighted by Gasteiger charge is 2.21. The van der Waals surface area contributed by atoms with Gasteiger partial charge in [0.05, 0.1) is 18.5 Å². The highest BCUT2D eigenvalue weighted by Crippen LogP contribution is 2.35. The van der Waals surface area contributed by atoms with Gasteiger partial charge in [0.1, 0.15) is 5.82 Å². The fourth-order valence-corrected chi connectivity index (χ4v) is 3.53. The third-order valence-electron chi connectivity index (χ3n) is 5.30. The van der Waals surface area contributed by atoms with Crippen LogP contribution in [0.15, 0.2) is 73.1 Å². The molecule has 4 aromatic rings. The topological polar surface area (TPSA) is 78.3 Å². The molecule has 0 saturated heterocycles. The van der Waals surface area contributed by atoms with Gasteiger partial charge < -0.3 is 14.8 Å². The van der Waals surface area contributed by atoms with E-state index >= 15 is 0 Å². The Morgan fingerprint density at radius 1 is 1.06 bits per heavy atom. The smallest absolute Gasteiger partial charge is 0.226 e. The SMILES string of the molecule is COc1ccccc1Oc1c(CCC(=O)NCc2cccnc2)c(C)nn1-c1ccc(F)cc1. The van der Waals surface area contributed by atoms with Crippen molar-refractivity contribution >= 4 is 5.91 Å². The zero-order valence-electron chi connectivity index (χ0n) is 19.0. The number of carbonyl (C=O) groups is 1. The van der Waals surface area contributed by atoms with Crippen molar-refractivity contribution in [3.63, 3.8) is 0 Å². The van der Waals surface area contributed by atoms with Gasteiger partial charge in [-0.05, 0) is 61.4 Å². The number of nitrogens with zero attached hydrogens (tertiary/aromatic N) is 3. The summed E-state index contributed by atoms with van der Waals surface area (Å²) in [4.78, 5) is 16.6. The molecule has 8 heteroatoms. The zero-order chi connectivity index (χ0) is 23.9. The number of aryl methyl sites for hydroxylation is 1. The molecule has 1 amide bonds. The van der Waals surface area contributed by atoms with Crippen molar-refractivity contribution < 1.29 is 18.7 Å². The van der Waals surface area contributed by atoms with E-state index in [0.29, 0.717) is 41.7 Å². The van der Waals surface area contributed by atoms with Crippen molar-refractivity contribution in [1.29, 1.82) is 0 Å². The Balaban J connectivity index is 1.59. The monoisotopic (exact) mass is 460 g/mol. The predicted octanol–water partition coefficient (Wildman–Crippen LogP) is 4.76. The minimum atomic E-state index is -0.342. The Kier molecular flexibility index (Phi) is 7.17. The number of nitrogens with one attached hydrogen (secondary N) is 1. The molecule has 0 radical (unpaired) electrons. The summed E-state index contributed by atoms with van der Waals surface area (Å²) in [5, 5.41) is 7.53. The summed E-state index contributed by atoms with van der Waals surface area (Å²) in [6.45, 7) is 2.27. The quantitative estimate of drug-likeness (QED) is 0.390. The highest BCUT2D eigenvalue weighted by atomic mass is 19.1. The molecule has 0 unspecified atom stereocenters. The number of hydrogen-bond acceptors (Lipinski definition) is 5. The van der Waals surface area contributed by atoms with Crippen LogP contribution in [0.3, 0.4) is 0 Å². The van der Waals surface area contributed by atoms with E-state index < -0.39 is 0 Å². The molecule has 0 atom stereocenters. The molecular weight excluding hydrogens is 435 g/mol. The Hall–Kier alpha value is -4.20. The van der Waals surface area contributed by atoms with Crippen molar-refractivity contribution in [1.82, 2.24) is 20.1 Å². The summed E-state index contributed by atoms with van der Waals surface area (Å²) in [5.74, 6) is 1.09. The van der Waals surface area contributed by atoms with Crippen molar-refractivity contribution in [3.8, 4) is 23.1 Å².